The molecule has 6 heterocycles. The van der Waals surface area contributed by atoms with Crippen molar-refractivity contribution < 1.29 is 85.8 Å². The minimum absolute atomic E-state index is 0.000309. The van der Waals surface area contributed by atoms with Crippen LogP contribution < -0.4 is 0 Å². The number of carbonyl (C=O) groups is 10. The molecular formula is C80H54N8O18S2. The van der Waals surface area contributed by atoms with Crippen LogP contribution in [0.25, 0.3) is 11.1 Å². The first-order chi connectivity index (χ1) is 52.4. The van der Waals surface area contributed by atoms with Crippen LogP contribution in [0.15, 0.2) is 250 Å². The van der Waals surface area contributed by atoms with E-state index in [1.807, 2.05) is 0 Å². The van der Waals surface area contributed by atoms with Gasteiger partial charge in [0.1, 0.15) is 97.3 Å². The zero-order valence-corrected chi connectivity index (χ0v) is 58.4. The van der Waals surface area contributed by atoms with Crippen LogP contribution in [0.4, 0.5) is 19.9 Å². The van der Waals surface area contributed by atoms with E-state index in [-0.39, 0.29) is 76.8 Å². The highest BCUT2D eigenvalue weighted by molar-refractivity contribution is 7.17. The summed E-state index contributed by atoms with van der Waals surface area (Å²) < 4.78 is 48.5. The zero-order chi connectivity index (χ0) is 75.4. The molecular weight excluding hydrogens is 1430 g/mol. The van der Waals surface area contributed by atoms with E-state index in [1.54, 1.807) is 218 Å². The van der Waals surface area contributed by atoms with Crippen LogP contribution in [0, 0.1) is 34.5 Å². The summed E-state index contributed by atoms with van der Waals surface area (Å²) in [7, 11) is 0. The van der Waals surface area contributed by atoms with Crippen LogP contribution in [0.3, 0.4) is 0 Å². The number of ether oxygens (including phenoxy) is 8. The standard InChI is InChI=1S/C80H54N8O18S2/c1-45-57(37-81)67(89)87(77(97)103-43-51-29-17-7-18-30-51)69(91)61(45)83-75-85-65-63(107-75)55-33-53-36-60-56(34-54(53)35-59(55)105-79(65,71(93)99-39-47-21-9-3-10-22-47)72(94)100-40-48-23-11-4-12-24-48)64-66(80(106-60,73(95)101-41-49-25-13-5-14-26-49)74(96)102-42-50-27-15-6-16-28-50)86-76(108-64)84-62-46(2)58(38-82)68(90)88(70(62)92)78(98)104-44-52-31-19-8-20-32-52/h3-36,53-54H,39-44H2,1-2H3. The molecule has 2 unspecified atom stereocenters. The zero-order valence-electron chi connectivity index (χ0n) is 56.8. The van der Waals surface area contributed by atoms with Crippen molar-refractivity contribution >= 4 is 115 Å². The van der Waals surface area contributed by atoms with Crippen molar-refractivity contribution in [2.45, 2.75) is 64.7 Å². The molecule has 2 atom stereocenters. The molecule has 2 aromatic heterocycles. The Kier molecular flexibility index (Phi) is 19.7. The number of aromatic nitrogens is 2. The van der Waals surface area contributed by atoms with Gasteiger partial charge in [0.2, 0.25) is 10.3 Å². The SMILES string of the molecule is CC1=C(C#N)C(=O)N(C(=O)OCc2ccccc2)C(=O)C1=Nc1nc2c(s1)C1=CC3C=C4OC(C(=O)OCc5ccccc5)(C(=O)OCc5ccccc5)c5nc(N=C6C(=O)N(C(=O)OCc7ccccc7)C(=O)C(C#N)=C6C)sc5C4=CC3C=C1OC2(C(=O)OCc1ccccc1)C(=O)OCc1ccccc1. The number of hydrogen-bond donors (Lipinski definition) is 0. The maximum Gasteiger partial charge on any atom is 0.424 e. The molecule has 2 aliphatic carbocycles. The normalized spacial score (nSPS) is 17.9. The second kappa shape index (κ2) is 30.0. The number of imide groups is 6. The van der Waals surface area contributed by atoms with Gasteiger partial charge in [0.25, 0.3) is 23.6 Å². The summed E-state index contributed by atoms with van der Waals surface area (Å²) in [5.41, 5.74) is -6.66. The van der Waals surface area contributed by atoms with Gasteiger partial charge < -0.3 is 37.9 Å². The molecule has 0 radical (unpaired) electrons. The molecule has 0 N–H and O–H groups in total. The van der Waals surface area contributed by atoms with Crippen LogP contribution in [0.2, 0.25) is 0 Å². The van der Waals surface area contributed by atoms with Gasteiger partial charge in [0.15, 0.2) is 0 Å². The Morgan fingerprint density at radius 2 is 0.685 bits per heavy atom. The number of amides is 6. The lowest BCUT2D eigenvalue weighted by molar-refractivity contribution is -0.191. The number of benzene rings is 6. The summed E-state index contributed by atoms with van der Waals surface area (Å²) in [6, 6.07) is 54.2. The molecule has 0 bridgehead atoms. The molecule has 14 rings (SSSR count). The number of aliphatic imine (C=N–C) groups is 2. The fourth-order valence-electron chi connectivity index (χ4n) is 12.3. The van der Waals surface area contributed by atoms with Gasteiger partial charge in [-0.25, -0.2) is 48.7 Å². The van der Waals surface area contributed by atoms with E-state index in [9.17, 15) is 39.3 Å². The van der Waals surface area contributed by atoms with E-state index < -0.39 is 143 Å². The number of nitrogens with zero attached hydrogens (tertiary/aromatic N) is 8. The highest BCUT2D eigenvalue weighted by atomic mass is 32.1. The predicted molar refractivity (Wildman–Crippen MR) is 382 cm³/mol. The maximum absolute atomic E-state index is 15.5. The first-order valence-electron chi connectivity index (χ1n) is 33.1. The van der Waals surface area contributed by atoms with Crippen molar-refractivity contribution in [3.8, 4) is 12.1 Å². The van der Waals surface area contributed by atoms with Crippen LogP contribution >= 0.6 is 22.7 Å². The second-order valence-electron chi connectivity index (χ2n) is 24.7. The molecule has 534 valence electrons. The molecule has 0 saturated carbocycles. The third-order valence-corrected chi connectivity index (χ3v) is 19.8. The fraction of sp³-hybridized carbons (Fsp3) is 0.150. The van der Waals surface area contributed by atoms with Crippen molar-refractivity contribution in [2.75, 3.05) is 0 Å². The number of thiazole rings is 2. The Hall–Kier alpha value is -14.0. The van der Waals surface area contributed by atoms with Gasteiger partial charge in [0, 0.05) is 34.1 Å². The van der Waals surface area contributed by atoms with Crippen molar-refractivity contribution in [3.63, 3.8) is 0 Å². The van der Waals surface area contributed by atoms with Gasteiger partial charge in [-0.3, -0.25) is 19.2 Å². The second-order valence-corrected chi connectivity index (χ2v) is 26.6. The molecule has 108 heavy (non-hydrogen) atoms. The van der Waals surface area contributed by atoms with Crippen molar-refractivity contribution in [3.05, 3.63) is 295 Å². The van der Waals surface area contributed by atoms with Crippen LogP contribution in [-0.2, 0) is 127 Å². The number of carbonyl (C=O) groups excluding carboxylic acids is 10. The largest absolute Gasteiger partial charge is 0.458 e. The molecule has 4 aliphatic heterocycles. The molecule has 28 heteroatoms. The maximum atomic E-state index is 15.5. The molecule has 26 nitrogen and oxygen atoms in total. The van der Waals surface area contributed by atoms with Crippen LogP contribution in [-0.4, -0.2) is 90.9 Å². The average molecular weight is 1480 g/mol. The number of hydrogen-bond acceptors (Lipinski definition) is 26. The first-order valence-corrected chi connectivity index (χ1v) is 34.7. The quantitative estimate of drug-likeness (QED) is 0.0333. The Bertz CT molecular complexity index is 5010. The molecule has 6 amide bonds. The average Bonchev–Trinajstić information content (AvgIpc) is 1.36. The number of esters is 4. The lowest BCUT2D eigenvalue weighted by atomic mass is 9.76. The Labute approximate surface area is 621 Å². The Morgan fingerprint density at radius 1 is 0.417 bits per heavy atom. The van der Waals surface area contributed by atoms with Gasteiger partial charge in [0.05, 0.1) is 9.75 Å². The van der Waals surface area contributed by atoms with Gasteiger partial charge in [-0.15, -0.1) is 0 Å². The minimum Gasteiger partial charge on any atom is -0.458 e. The van der Waals surface area contributed by atoms with E-state index >= 15 is 19.2 Å². The van der Waals surface area contributed by atoms with Crippen LogP contribution in [0.1, 0.15) is 68.4 Å². The smallest absolute Gasteiger partial charge is 0.424 e. The highest BCUT2D eigenvalue weighted by Gasteiger charge is 2.63. The number of allylic oxidation sites excluding steroid dienone is 6. The van der Waals surface area contributed by atoms with E-state index in [4.69, 9.17) is 47.9 Å². The van der Waals surface area contributed by atoms with E-state index in [0.29, 0.717) is 33.4 Å². The third-order valence-electron chi connectivity index (χ3n) is 17.8. The molecule has 0 saturated heterocycles. The van der Waals surface area contributed by atoms with Gasteiger partial charge >= 0.3 is 47.3 Å². The molecule has 6 aliphatic rings. The van der Waals surface area contributed by atoms with Gasteiger partial charge in [-0.1, -0.05) is 217 Å². The third kappa shape index (κ3) is 13.5. The summed E-state index contributed by atoms with van der Waals surface area (Å²) in [4.78, 5) is 166. The van der Waals surface area contributed by atoms with Crippen LogP contribution in [0.5, 0.6) is 0 Å². The number of fused-ring (bicyclic) bond motifs is 7. The van der Waals surface area contributed by atoms with Crippen molar-refractivity contribution in [1.82, 2.24) is 19.8 Å². The summed E-state index contributed by atoms with van der Waals surface area (Å²) >= 11 is 1.44. The highest BCUT2D eigenvalue weighted by Crippen LogP contribution is 2.56. The molecule has 0 spiro atoms. The van der Waals surface area contributed by atoms with Crippen molar-refractivity contribution in [1.29, 1.82) is 10.5 Å². The van der Waals surface area contributed by atoms with Crippen molar-refractivity contribution in [2.24, 2.45) is 21.8 Å². The summed E-state index contributed by atoms with van der Waals surface area (Å²) in [5.74, 6) is -12.6. The van der Waals surface area contributed by atoms with E-state index in [0.717, 1.165) is 22.7 Å². The topological polar surface area (TPSA) is 349 Å². The lowest BCUT2D eigenvalue weighted by Gasteiger charge is -2.40. The Balaban J connectivity index is 0.923. The number of nitriles is 2. The monoisotopic (exact) mass is 1480 g/mol. The summed E-state index contributed by atoms with van der Waals surface area (Å²) in [6.07, 6.45) is 3.57. The summed E-state index contributed by atoms with van der Waals surface area (Å²) in [5, 5.41) is 20.0. The van der Waals surface area contributed by atoms with Gasteiger partial charge in [-0.05, 0) is 59.4 Å². The fourth-order valence-corrected chi connectivity index (χ4v) is 14.3. The molecule has 0 fully saturated rings. The number of rotatable bonds is 18. The Morgan fingerprint density at radius 3 is 0.954 bits per heavy atom. The molecule has 6 aromatic carbocycles. The summed E-state index contributed by atoms with van der Waals surface area (Å²) in [6.45, 7) is 0.126. The minimum atomic E-state index is -2.98. The van der Waals surface area contributed by atoms with E-state index in [2.05, 4.69) is 9.98 Å². The van der Waals surface area contributed by atoms with Gasteiger partial charge in [-0.2, -0.15) is 20.3 Å². The molecule has 8 aromatic rings. The lowest BCUT2D eigenvalue weighted by Crippen LogP contribution is -2.51. The van der Waals surface area contributed by atoms with E-state index in [1.165, 1.54) is 13.8 Å². The first kappa shape index (κ1) is 71.0. The predicted octanol–water partition coefficient (Wildman–Crippen LogP) is 11.8.